The molecule has 0 aliphatic heterocycles. The quantitative estimate of drug-likeness (QED) is 0.857. The number of hydrogen-bond acceptors (Lipinski definition) is 6. The van der Waals surface area contributed by atoms with Gasteiger partial charge in [-0.05, 0) is 26.0 Å². The first kappa shape index (κ1) is 16.0. The molecule has 0 fully saturated rings. The summed E-state index contributed by atoms with van der Waals surface area (Å²) < 4.78 is 10.1. The molecule has 1 N–H and O–H groups in total. The molecule has 1 amide bonds. The Morgan fingerprint density at radius 1 is 1.32 bits per heavy atom. The van der Waals surface area contributed by atoms with E-state index < -0.39 is 5.97 Å². The summed E-state index contributed by atoms with van der Waals surface area (Å²) in [6.45, 7) is 4.00. The predicted molar refractivity (Wildman–Crippen MR) is 83.8 cm³/mol. The van der Waals surface area contributed by atoms with Gasteiger partial charge >= 0.3 is 5.97 Å². The van der Waals surface area contributed by atoms with Crippen LogP contribution < -0.4 is 10.1 Å². The molecule has 116 valence electrons. The van der Waals surface area contributed by atoms with Gasteiger partial charge in [0.05, 0.1) is 25.0 Å². The van der Waals surface area contributed by atoms with E-state index in [2.05, 4.69) is 15.0 Å². The summed E-state index contributed by atoms with van der Waals surface area (Å²) in [5.74, 6) is -0.302. The number of carbonyl (C=O) groups is 2. The number of nitrogens with one attached hydrogen (secondary N) is 1. The molecule has 0 aliphatic rings. The average molecular weight is 320 g/mol. The number of methoxy groups -OCH3 is 1. The Labute approximate surface area is 132 Å². The van der Waals surface area contributed by atoms with Crippen LogP contribution in [0.2, 0.25) is 0 Å². The molecule has 22 heavy (non-hydrogen) atoms. The molecule has 0 saturated heterocycles. The second kappa shape index (κ2) is 7.04. The molecule has 1 heterocycles. The number of rotatable bonds is 5. The van der Waals surface area contributed by atoms with Crippen molar-refractivity contribution in [2.75, 3.05) is 19.0 Å². The number of thiazole rings is 1. The minimum Gasteiger partial charge on any atom is -0.493 e. The number of nitrogens with zero attached hydrogens (tertiary/aromatic N) is 1. The van der Waals surface area contributed by atoms with Crippen molar-refractivity contribution in [1.29, 1.82) is 0 Å². The van der Waals surface area contributed by atoms with Crippen LogP contribution in [-0.2, 0) is 4.74 Å². The van der Waals surface area contributed by atoms with Gasteiger partial charge in [-0.25, -0.2) is 9.78 Å². The monoisotopic (exact) mass is 320 g/mol. The molecule has 1 aromatic heterocycles. The van der Waals surface area contributed by atoms with Crippen molar-refractivity contribution < 1.29 is 19.1 Å². The molecule has 7 heteroatoms. The van der Waals surface area contributed by atoms with Crippen molar-refractivity contribution in [3.05, 3.63) is 40.4 Å². The molecule has 0 spiro atoms. The highest BCUT2D eigenvalue weighted by Crippen LogP contribution is 2.25. The van der Waals surface area contributed by atoms with Crippen LogP contribution in [0.5, 0.6) is 5.75 Å². The zero-order valence-electron chi connectivity index (χ0n) is 12.5. The van der Waals surface area contributed by atoms with Crippen LogP contribution in [0.25, 0.3) is 0 Å². The number of anilines is 1. The van der Waals surface area contributed by atoms with E-state index in [1.807, 2.05) is 6.92 Å². The Hall–Kier alpha value is -2.41. The van der Waals surface area contributed by atoms with Crippen molar-refractivity contribution in [2.24, 2.45) is 0 Å². The maximum atomic E-state index is 12.3. The van der Waals surface area contributed by atoms with Crippen LogP contribution in [0, 0.1) is 6.92 Å². The Kier molecular flexibility index (Phi) is 5.11. The molecule has 0 bridgehead atoms. The SMILES string of the molecule is CCOc1ccccc1C(=O)Nc1nc(C)c(C(=O)OC)s1. The van der Waals surface area contributed by atoms with Crippen LogP contribution in [0.1, 0.15) is 32.6 Å². The van der Waals surface area contributed by atoms with Crippen molar-refractivity contribution in [3.8, 4) is 5.75 Å². The fourth-order valence-electron chi connectivity index (χ4n) is 1.83. The molecule has 2 rings (SSSR count). The number of aryl methyl sites for hydroxylation is 1. The molecule has 0 unspecified atom stereocenters. The third-order valence-corrected chi connectivity index (χ3v) is 3.87. The van der Waals surface area contributed by atoms with Crippen molar-refractivity contribution in [1.82, 2.24) is 4.98 Å². The van der Waals surface area contributed by atoms with Crippen LogP contribution >= 0.6 is 11.3 Å². The van der Waals surface area contributed by atoms with E-state index in [9.17, 15) is 9.59 Å². The molecule has 6 nitrogen and oxygen atoms in total. The Morgan fingerprint density at radius 3 is 2.73 bits per heavy atom. The van der Waals surface area contributed by atoms with Crippen LogP contribution in [-0.4, -0.2) is 30.6 Å². The lowest BCUT2D eigenvalue weighted by Gasteiger charge is -2.08. The Balaban J connectivity index is 2.21. The molecule has 0 atom stereocenters. The smallest absolute Gasteiger partial charge is 0.350 e. The first-order chi connectivity index (χ1) is 10.6. The van der Waals surface area contributed by atoms with Gasteiger partial charge in [-0.1, -0.05) is 23.5 Å². The van der Waals surface area contributed by atoms with E-state index in [1.54, 1.807) is 31.2 Å². The van der Waals surface area contributed by atoms with Crippen molar-refractivity contribution in [3.63, 3.8) is 0 Å². The van der Waals surface area contributed by atoms with Crippen molar-refractivity contribution in [2.45, 2.75) is 13.8 Å². The lowest BCUT2D eigenvalue weighted by Crippen LogP contribution is -2.13. The minimum atomic E-state index is -0.467. The first-order valence-corrected chi connectivity index (χ1v) is 7.47. The summed E-state index contributed by atoms with van der Waals surface area (Å²) in [7, 11) is 1.30. The van der Waals surface area contributed by atoms with Crippen molar-refractivity contribution >= 4 is 28.3 Å². The van der Waals surface area contributed by atoms with Crippen LogP contribution in [0.3, 0.4) is 0 Å². The molecule has 0 aliphatic carbocycles. The van der Waals surface area contributed by atoms with Gasteiger partial charge in [0.15, 0.2) is 5.13 Å². The number of hydrogen-bond donors (Lipinski definition) is 1. The Bertz CT molecular complexity index is 697. The normalized spacial score (nSPS) is 10.1. The fourth-order valence-corrected chi connectivity index (χ4v) is 2.71. The summed E-state index contributed by atoms with van der Waals surface area (Å²) in [6, 6.07) is 6.95. The third kappa shape index (κ3) is 3.43. The largest absolute Gasteiger partial charge is 0.493 e. The maximum absolute atomic E-state index is 12.3. The van der Waals surface area contributed by atoms with Gasteiger partial charge < -0.3 is 9.47 Å². The number of amides is 1. The molecule has 0 saturated carbocycles. The van der Waals surface area contributed by atoms with Gasteiger partial charge in [-0.3, -0.25) is 10.1 Å². The zero-order valence-corrected chi connectivity index (χ0v) is 13.3. The van der Waals surface area contributed by atoms with Gasteiger partial charge in [-0.15, -0.1) is 0 Å². The number of esters is 1. The van der Waals surface area contributed by atoms with Crippen LogP contribution in [0.4, 0.5) is 5.13 Å². The maximum Gasteiger partial charge on any atom is 0.350 e. The zero-order chi connectivity index (χ0) is 16.1. The number of ether oxygens (including phenoxy) is 2. The van der Waals surface area contributed by atoms with E-state index in [-0.39, 0.29) is 5.91 Å². The molecular formula is C15H16N2O4S. The molecule has 0 radical (unpaired) electrons. The van der Waals surface area contributed by atoms with Gasteiger partial charge in [0, 0.05) is 0 Å². The van der Waals surface area contributed by atoms with E-state index in [4.69, 9.17) is 4.74 Å². The number of aromatic nitrogens is 1. The highest BCUT2D eigenvalue weighted by Gasteiger charge is 2.18. The second-order valence-electron chi connectivity index (χ2n) is 4.31. The van der Waals surface area contributed by atoms with E-state index in [0.717, 1.165) is 11.3 Å². The average Bonchev–Trinajstić information content (AvgIpc) is 2.87. The van der Waals surface area contributed by atoms with Crippen LogP contribution in [0.15, 0.2) is 24.3 Å². The molecule has 1 aromatic carbocycles. The summed E-state index contributed by atoms with van der Waals surface area (Å²) >= 11 is 1.08. The third-order valence-electron chi connectivity index (χ3n) is 2.82. The summed E-state index contributed by atoms with van der Waals surface area (Å²) in [5, 5.41) is 3.02. The fraction of sp³-hybridized carbons (Fsp3) is 0.267. The van der Waals surface area contributed by atoms with Gasteiger partial charge in [0.2, 0.25) is 0 Å². The highest BCUT2D eigenvalue weighted by atomic mass is 32.1. The first-order valence-electron chi connectivity index (χ1n) is 6.65. The number of para-hydroxylation sites is 1. The minimum absolute atomic E-state index is 0.339. The summed E-state index contributed by atoms with van der Waals surface area (Å²) in [4.78, 5) is 28.4. The van der Waals surface area contributed by atoms with Gasteiger partial charge in [0.25, 0.3) is 5.91 Å². The topological polar surface area (TPSA) is 77.5 Å². The number of carbonyl (C=O) groups excluding carboxylic acids is 2. The standard InChI is InChI=1S/C15H16N2O4S/c1-4-21-11-8-6-5-7-10(11)13(18)17-15-16-9(2)12(22-15)14(19)20-3/h5-8H,4H2,1-3H3,(H,16,17,18). The van der Waals surface area contributed by atoms with Gasteiger partial charge in [0.1, 0.15) is 10.6 Å². The summed E-state index contributed by atoms with van der Waals surface area (Å²) in [5.41, 5.74) is 0.932. The van der Waals surface area contributed by atoms with Gasteiger partial charge in [-0.2, -0.15) is 0 Å². The highest BCUT2D eigenvalue weighted by molar-refractivity contribution is 7.17. The van der Waals surface area contributed by atoms with E-state index in [0.29, 0.717) is 33.6 Å². The summed E-state index contributed by atoms with van der Waals surface area (Å²) in [6.07, 6.45) is 0. The second-order valence-corrected chi connectivity index (χ2v) is 5.31. The predicted octanol–water partition coefficient (Wildman–Crippen LogP) is 2.89. The Morgan fingerprint density at radius 2 is 2.05 bits per heavy atom. The molecule has 2 aromatic rings. The lowest BCUT2D eigenvalue weighted by molar-refractivity contribution is 0.0605. The molecular weight excluding hydrogens is 304 g/mol. The van der Waals surface area contributed by atoms with E-state index in [1.165, 1.54) is 7.11 Å². The lowest BCUT2D eigenvalue weighted by atomic mass is 10.2. The van der Waals surface area contributed by atoms with E-state index >= 15 is 0 Å². The number of benzene rings is 1.